The average molecular weight is 251 g/mol. The largest absolute Gasteiger partial charge is 0.411 e. The topological polar surface area (TPSA) is 21.3 Å². The van der Waals surface area contributed by atoms with Crippen molar-refractivity contribution in [2.24, 2.45) is 0 Å². The van der Waals surface area contributed by atoms with Crippen molar-refractivity contribution in [2.45, 2.75) is 45.3 Å². The molecule has 0 rings (SSSR count). The van der Waals surface area contributed by atoms with Crippen molar-refractivity contribution in [2.75, 3.05) is 19.8 Å². The predicted octanol–water partition coefficient (Wildman–Crippen LogP) is 2.74. The highest BCUT2D eigenvalue weighted by atomic mass is 19.4. The number of ether oxygens (including phenoxy) is 1. The molecular formula is C12H20F3NO. The Morgan fingerprint density at radius 2 is 2.06 bits per heavy atom. The van der Waals surface area contributed by atoms with E-state index in [1.165, 1.54) is 0 Å². The van der Waals surface area contributed by atoms with Gasteiger partial charge in [-0.2, -0.15) is 13.2 Å². The average Bonchev–Trinajstić information content (AvgIpc) is 2.25. The molecule has 0 fully saturated rings. The van der Waals surface area contributed by atoms with Crippen molar-refractivity contribution in [3.63, 3.8) is 0 Å². The van der Waals surface area contributed by atoms with Crippen molar-refractivity contribution in [1.29, 1.82) is 0 Å². The zero-order valence-corrected chi connectivity index (χ0v) is 10.4. The second-order valence-electron chi connectivity index (χ2n) is 3.74. The Morgan fingerprint density at radius 1 is 1.35 bits per heavy atom. The summed E-state index contributed by atoms with van der Waals surface area (Å²) in [5, 5.41) is 3.24. The molecule has 1 unspecified atom stereocenters. The molecule has 1 N–H and O–H groups in total. The highest BCUT2D eigenvalue weighted by molar-refractivity contribution is 4.98. The van der Waals surface area contributed by atoms with Crippen molar-refractivity contribution >= 4 is 0 Å². The molecule has 0 radical (unpaired) electrons. The zero-order chi connectivity index (χ0) is 13.1. The third-order valence-corrected chi connectivity index (χ3v) is 2.08. The molecule has 0 heterocycles. The van der Waals surface area contributed by atoms with E-state index in [9.17, 15) is 13.2 Å². The standard InChI is InChI=1S/C12H20F3NO/c1-3-5-6-11(16-8-4-2)7-9-17-10-12(13,14)15/h11,16H,4,6-10H2,1-2H3. The summed E-state index contributed by atoms with van der Waals surface area (Å²) in [6, 6.07) is 0.107. The van der Waals surface area contributed by atoms with Crippen LogP contribution in [-0.4, -0.2) is 32.0 Å². The lowest BCUT2D eigenvalue weighted by molar-refractivity contribution is -0.174. The van der Waals surface area contributed by atoms with Crippen LogP contribution in [0.25, 0.3) is 0 Å². The van der Waals surface area contributed by atoms with E-state index in [-0.39, 0.29) is 12.6 Å². The molecule has 0 bridgehead atoms. The molecule has 0 aliphatic carbocycles. The number of hydrogen-bond acceptors (Lipinski definition) is 2. The fraction of sp³-hybridized carbons (Fsp3) is 0.833. The maximum absolute atomic E-state index is 11.8. The van der Waals surface area contributed by atoms with Crippen LogP contribution in [0, 0.1) is 11.8 Å². The van der Waals surface area contributed by atoms with Gasteiger partial charge in [-0.05, 0) is 26.3 Å². The predicted molar refractivity (Wildman–Crippen MR) is 61.6 cm³/mol. The van der Waals surface area contributed by atoms with Gasteiger partial charge >= 0.3 is 6.18 Å². The van der Waals surface area contributed by atoms with Gasteiger partial charge in [0.15, 0.2) is 0 Å². The molecule has 2 nitrogen and oxygen atoms in total. The summed E-state index contributed by atoms with van der Waals surface area (Å²) in [6.07, 6.45) is -2.06. The first-order chi connectivity index (χ1) is 7.99. The number of halogens is 3. The highest BCUT2D eigenvalue weighted by Crippen LogP contribution is 2.14. The summed E-state index contributed by atoms with van der Waals surface area (Å²) in [5.41, 5.74) is 0. The fourth-order valence-corrected chi connectivity index (χ4v) is 1.26. The molecule has 100 valence electrons. The normalized spacial score (nSPS) is 13.0. The second-order valence-corrected chi connectivity index (χ2v) is 3.74. The lowest BCUT2D eigenvalue weighted by Gasteiger charge is -2.16. The molecule has 0 spiro atoms. The lowest BCUT2D eigenvalue weighted by atomic mass is 10.1. The number of rotatable bonds is 8. The van der Waals surface area contributed by atoms with Crippen molar-refractivity contribution in [3.8, 4) is 11.8 Å². The minimum Gasteiger partial charge on any atom is -0.372 e. The van der Waals surface area contributed by atoms with Gasteiger partial charge in [0.25, 0.3) is 0 Å². The number of alkyl halides is 3. The van der Waals surface area contributed by atoms with Crippen molar-refractivity contribution in [3.05, 3.63) is 0 Å². The van der Waals surface area contributed by atoms with Gasteiger partial charge in [0.2, 0.25) is 0 Å². The van der Waals surface area contributed by atoms with Crippen LogP contribution in [0.4, 0.5) is 13.2 Å². The van der Waals surface area contributed by atoms with Crippen LogP contribution in [-0.2, 0) is 4.74 Å². The molecule has 0 saturated carbocycles. The van der Waals surface area contributed by atoms with E-state index < -0.39 is 12.8 Å². The third kappa shape index (κ3) is 11.5. The molecule has 0 aliphatic rings. The first-order valence-corrected chi connectivity index (χ1v) is 5.77. The maximum atomic E-state index is 11.8. The summed E-state index contributed by atoms with van der Waals surface area (Å²) < 4.78 is 40.0. The summed E-state index contributed by atoms with van der Waals surface area (Å²) in [4.78, 5) is 0. The van der Waals surface area contributed by atoms with E-state index in [2.05, 4.69) is 21.9 Å². The Bertz CT molecular complexity index is 242. The second kappa shape index (κ2) is 9.32. The van der Waals surface area contributed by atoms with Crippen LogP contribution in [0.1, 0.15) is 33.1 Å². The van der Waals surface area contributed by atoms with Crippen LogP contribution >= 0.6 is 0 Å². The molecule has 0 amide bonds. The number of hydrogen-bond donors (Lipinski definition) is 1. The molecule has 5 heteroatoms. The van der Waals surface area contributed by atoms with Gasteiger partial charge in [-0.15, -0.1) is 11.8 Å². The van der Waals surface area contributed by atoms with Gasteiger partial charge in [0, 0.05) is 19.1 Å². The van der Waals surface area contributed by atoms with Gasteiger partial charge in [0.1, 0.15) is 6.61 Å². The van der Waals surface area contributed by atoms with E-state index >= 15 is 0 Å². The fourth-order valence-electron chi connectivity index (χ4n) is 1.26. The highest BCUT2D eigenvalue weighted by Gasteiger charge is 2.27. The molecule has 1 atom stereocenters. The molecular weight excluding hydrogens is 231 g/mol. The first-order valence-electron chi connectivity index (χ1n) is 5.77. The minimum atomic E-state index is -4.24. The summed E-state index contributed by atoms with van der Waals surface area (Å²) in [7, 11) is 0. The van der Waals surface area contributed by atoms with Gasteiger partial charge in [0.05, 0.1) is 0 Å². The third-order valence-electron chi connectivity index (χ3n) is 2.08. The molecule has 0 aliphatic heterocycles. The van der Waals surface area contributed by atoms with E-state index in [1.807, 2.05) is 6.92 Å². The Morgan fingerprint density at radius 3 is 2.59 bits per heavy atom. The van der Waals surface area contributed by atoms with Gasteiger partial charge in [-0.1, -0.05) is 6.92 Å². The Hall–Kier alpha value is -0.730. The molecule has 17 heavy (non-hydrogen) atoms. The Kier molecular flexibility index (Phi) is 8.92. The molecule has 0 aromatic carbocycles. The van der Waals surface area contributed by atoms with E-state index in [0.29, 0.717) is 12.8 Å². The first kappa shape index (κ1) is 16.3. The maximum Gasteiger partial charge on any atom is 0.411 e. The SMILES string of the molecule is CC#CCC(CCOCC(F)(F)F)NCCC. The van der Waals surface area contributed by atoms with Crippen molar-refractivity contribution < 1.29 is 17.9 Å². The van der Waals surface area contributed by atoms with E-state index in [4.69, 9.17) is 0 Å². The molecule has 0 aromatic rings. The number of nitrogens with one attached hydrogen (secondary N) is 1. The van der Waals surface area contributed by atoms with Gasteiger partial charge < -0.3 is 10.1 Å². The van der Waals surface area contributed by atoms with Gasteiger partial charge in [-0.3, -0.25) is 0 Å². The van der Waals surface area contributed by atoms with Crippen LogP contribution in [0.5, 0.6) is 0 Å². The van der Waals surface area contributed by atoms with Crippen LogP contribution in [0.15, 0.2) is 0 Å². The zero-order valence-electron chi connectivity index (χ0n) is 10.4. The smallest absolute Gasteiger partial charge is 0.372 e. The van der Waals surface area contributed by atoms with Crippen LogP contribution < -0.4 is 5.32 Å². The monoisotopic (exact) mass is 251 g/mol. The van der Waals surface area contributed by atoms with Gasteiger partial charge in [-0.25, -0.2) is 0 Å². The Balaban J connectivity index is 3.77. The van der Waals surface area contributed by atoms with Crippen LogP contribution in [0.3, 0.4) is 0 Å². The van der Waals surface area contributed by atoms with E-state index in [0.717, 1.165) is 13.0 Å². The van der Waals surface area contributed by atoms with E-state index in [1.54, 1.807) is 6.92 Å². The molecule has 0 aromatic heterocycles. The van der Waals surface area contributed by atoms with Crippen molar-refractivity contribution in [1.82, 2.24) is 5.32 Å². The molecule has 0 saturated heterocycles. The van der Waals surface area contributed by atoms with Crippen LogP contribution in [0.2, 0.25) is 0 Å². The summed E-state index contributed by atoms with van der Waals surface area (Å²) >= 11 is 0. The summed E-state index contributed by atoms with van der Waals surface area (Å²) in [6.45, 7) is 3.56. The quantitative estimate of drug-likeness (QED) is 0.529. The Labute approximate surface area is 101 Å². The summed E-state index contributed by atoms with van der Waals surface area (Å²) in [5.74, 6) is 5.70. The lowest BCUT2D eigenvalue weighted by Crippen LogP contribution is -2.31. The minimum absolute atomic E-state index is 0.103.